The molecule has 1 amide bonds. The molecule has 2 aromatic rings. The Hall–Kier alpha value is -2.03. The number of amides is 1. The lowest BCUT2D eigenvalue weighted by Gasteiger charge is -2.25. The fraction of sp³-hybridized carbons (Fsp3) is 0.333. The fourth-order valence-corrected chi connectivity index (χ4v) is 3.11. The number of hydrogen-bond acceptors (Lipinski definition) is 4. The first kappa shape index (κ1) is 17.3. The summed E-state index contributed by atoms with van der Waals surface area (Å²) in [4.78, 5) is 11.8. The Kier molecular flexibility index (Phi) is 5.64. The summed E-state index contributed by atoms with van der Waals surface area (Å²) in [6.45, 7) is 1.92. The van der Waals surface area contributed by atoms with Gasteiger partial charge in [-0.05, 0) is 18.9 Å². The first-order valence-electron chi connectivity index (χ1n) is 7.04. The molecule has 0 saturated heterocycles. The number of benzene rings is 1. The molecule has 1 aromatic heterocycles. The van der Waals surface area contributed by atoms with E-state index in [1.807, 2.05) is 36.5 Å². The van der Waals surface area contributed by atoms with E-state index in [0.717, 1.165) is 11.1 Å². The van der Waals surface area contributed by atoms with Crippen molar-refractivity contribution in [1.82, 2.24) is 15.3 Å². The number of hydroxylamine groups is 1. The number of rotatable bonds is 7. The molecule has 0 aliphatic heterocycles. The van der Waals surface area contributed by atoms with Gasteiger partial charge >= 0.3 is 0 Å². The summed E-state index contributed by atoms with van der Waals surface area (Å²) in [6.07, 6.45) is 3.84. The molecule has 0 spiro atoms. The van der Waals surface area contributed by atoms with Crippen molar-refractivity contribution in [3.8, 4) is 11.1 Å². The second-order valence-electron chi connectivity index (χ2n) is 5.58. The van der Waals surface area contributed by atoms with Gasteiger partial charge in [-0.15, -0.1) is 0 Å². The van der Waals surface area contributed by atoms with Gasteiger partial charge in [0.2, 0.25) is 5.91 Å². The molecule has 0 aliphatic carbocycles. The highest BCUT2D eigenvalue weighted by molar-refractivity contribution is 7.79. The number of aromatic nitrogens is 2. The predicted octanol–water partition coefficient (Wildman–Crippen LogP) is 1.67. The second kappa shape index (κ2) is 7.49. The van der Waals surface area contributed by atoms with Crippen molar-refractivity contribution in [2.24, 2.45) is 5.41 Å². The van der Waals surface area contributed by atoms with E-state index in [9.17, 15) is 9.00 Å². The van der Waals surface area contributed by atoms with Gasteiger partial charge in [0.05, 0.1) is 17.4 Å². The van der Waals surface area contributed by atoms with Gasteiger partial charge in [-0.3, -0.25) is 14.7 Å². The SMILES string of the molecule is CC(CCn1cc(-c2ccccc2)cn1)(CS(=O)O)C(=O)NO. The first-order valence-corrected chi connectivity index (χ1v) is 8.32. The first-order chi connectivity index (χ1) is 10.9. The molecule has 2 atom stereocenters. The Morgan fingerprint density at radius 1 is 1.35 bits per heavy atom. The molecular formula is C15H19N3O4S. The maximum atomic E-state index is 11.8. The van der Waals surface area contributed by atoms with Crippen LogP contribution < -0.4 is 5.48 Å². The van der Waals surface area contributed by atoms with Gasteiger partial charge in [-0.25, -0.2) is 9.69 Å². The van der Waals surface area contributed by atoms with E-state index in [1.165, 1.54) is 6.92 Å². The van der Waals surface area contributed by atoms with Crippen molar-refractivity contribution < 1.29 is 18.8 Å². The zero-order valence-electron chi connectivity index (χ0n) is 12.7. The lowest BCUT2D eigenvalue weighted by atomic mass is 9.88. The number of nitrogens with zero attached hydrogens (tertiary/aromatic N) is 2. The van der Waals surface area contributed by atoms with Gasteiger partial charge in [0.1, 0.15) is 0 Å². The summed E-state index contributed by atoms with van der Waals surface area (Å²) in [5.41, 5.74) is 2.39. The molecule has 0 fully saturated rings. The molecule has 124 valence electrons. The van der Waals surface area contributed by atoms with Gasteiger partial charge in [0.15, 0.2) is 11.1 Å². The Labute approximate surface area is 136 Å². The average molecular weight is 337 g/mol. The molecule has 23 heavy (non-hydrogen) atoms. The summed E-state index contributed by atoms with van der Waals surface area (Å²) in [5, 5.41) is 13.1. The summed E-state index contributed by atoms with van der Waals surface area (Å²) in [5.74, 6) is -0.943. The third kappa shape index (κ3) is 4.47. The molecule has 0 aliphatic rings. The molecule has 2 rings (SSSR count). The van der Waals surface area contributed by atoms with Crippen LogP contribution in [0, 0.1) is 5.41 Å². The standard InChI is InChI=1S/C15H19N3O4S/c1-15(11-23(21)22,14(19)17-20)7-8-18-10-13(9-16-18)12-5-3-2-4-6-12/h2-6,9-10,20H,7-8,11H2,1H3,(H,17,19)(H,21,22). The highest BCUT2D eigenvalue weighted by Gasteiger charge is 2.35. The minimum absolute atomic E-state index is 0.258. The molecule has 7 nitrogen and oxygen atoms in total. The Balaban J connectivity index is 2.08. The van der Waals surface area contributed by atoms with Crippen LogP contribution in [0.2, 0.25) is 0 Å². The smallest absolute Gasteiger partial charge is 0.250 e. The third-order valence-corrected chi connectivity index (χ3v) is 4.61. The molecule has 1 heterocycles. The van der Waals surface area contributed by atoms with Gasteiger partial charge in [0.25, 0.3) is 0 Å². The Morgan fingerprint density at radius 2 is 2.04 bits per heavy atom. The highest BCUT2D eigenvalue weighted by atomic mass is 32.2. The van der Waals surface area contributed by atoms with Gasteiger partial charge in [-0.1, -0.05) is 30.3 Å². The molecular weight excluding hydrogens is 318 g/mol. The van der Waals surface area contributed by atoms with Crippen LogP contribution in [0.25, 0.3) is 11.1 Å². The van der Waals surface area contributed by atoms with Crippen molar-refractivity contribution in [2.75, 3.05) is 5.75 Å². The van der Waals surface area contributed by atoms with Crippen LogP contribution in [0.15, 0.2) is 42.7 Å². The summed E-state index contributed by atoms with van der Waals surface area (Å²) < 4.78 is 21.8. The summed E-state index contributed by atoms with van der Waals surface area (Å²) in [7, 11) is 0. The van der Waals surface area contributed by atoms with Gasteiger partial charge in [0, 0.05) is 18.3 Å². The van der Waals surface area contributed by atoms with E-state index in [2.05, 4.69) is 5.10 Å². The summed E-state index contributed by atoms with van der Waals surface area (Å²) in [6, 6.07) is 9.75. The monoisotopic (exact) mass is 337 g/mol. The molecule has 0 bridgehead atoms. The molecule has 8 heteroatoms. The number of hydrogen-bond donors (Lipinski definition) is 3. The minimum Gasteiger partial charge on any atom is -0.306 e. The van der Waals surface area contributed by atoms with E-state index < -0.39 is 22.4 Å². The Morgan fingerprint density at radius 3 is 2.65 bits per heavy atom. The molecule has 0 saturated carbocycles. The van der Waals surface area contributed by atoms with Crippen LogP contribution in [-0.2, 0) is 22.4 Å². The predicted molar refractivity (Wildman–Crippen MR) is 86.0 cm³/mol. The lowest BCUT2D eigenvalue weighted by Crippen LogP contribution is -2.42. The maximum Gasteiger partial charge on any atom is 0.250 e. The quantitative estimate of drug-likeness (QED) is 0.405. The van der Waals surface area contributed by atoms with Gasteiger partial charge < -0.3 is 4.55 Å². The minimum atomic E-state index is -2.14. The maximum absolute atomic E-state index is 11.8. The highest BCUT2D eigenvalue weighted by Crippen LogP contribution is 2.24. The van der Waals surface area contributed by atoms with Crippen LogP contribution in [0.4, 0.5) is 0 Å². The largest absolute Gasteiger partial charge is 0.306 e. The topological polar surface area (TPSA) is 104 Å². The molecule has 3 N–H and O–H groups in total. The van der Waals surface area contributed by atoms with Crippen molar-refractivity contribution in [3.63, 3.8) is 0 Å². The zero-order chi connectivity index (χ0) is 16.9. The van der Waals surface area contributed by atoms with Crippen LogP contribution in [-0.4, -0.2) is 35.4 Å². The normalized spacial score (nSPS) is 14.9. The second-order valence-corrected chi connectivity index (χ2v) is 6.51. The van der Waals surface area contributed by atoms with E-state index >= 15 is 0 Å². The van der Waals surface area contributed by atoms with Crippen LogP contribution >= 0.6 is 0 Å². The van der Waals surface area contributed by atoms with Crippen LogP contribution in [0.1, 0.15) is 13.3 Å². The van der Waals surface area contributed by atoms with Crippen LogP contribution in [0.5, 0.6) is 0 Å². The number of carbonyl (C=O) groups excluding carboxylic acids is 1. The van der Waals surface area contributed by atoms with E-state index in [-0.39, 0.29) is 12.2 Å². The van der Waals surface area contributed by atoms with Gasteiger partial charge in [-0.2, -0.15) is 5.10 Å². The molecule has 2 unspecified atom stereocenters. The summed E-state index contributed by atoms with van der Waals surface area (Å²) >= 11 is -2.14. The van der Waals surface area contributed by atoms with Crippen molar-refractivity contribution in [1.29, 1.82) is 0 Å². The molecule has 0 radical (unpaired) electrons. The van der Waals surface area contributed by atoms with Crippen molar-refractivity contribution in [3.05, 3.63) is 42.7 Å². The zero-order valence-corrected chi connectivity index (χ0v) is 13.5. The van der Waals surface area contributed by atoms with E-state index in [4.69, 9.17) is 9.76 Å². The van der Waals surface area contributed by atoms with Crippen LogP contribution in [0.3, 0.4) is 0 Å². The Bertz CT molecular complexity index is 689. The van der Waals surface area contributed by atoms with Crippen molar-refractivity contribution in [2.45, 2.75) is 19.9 Å². The number of nitrogens with one attached hydrogen (secondary N) is 1. The van der Waals surface area contributed by atoms with Crippen molar-refractivity contribution >= 4 is 17.0 Å². The number of carbonyl (C=O) groups is 1. The third-order valence-electron chi connectivity index (χ3n) is 3.72. The molecule has 1 aromatic carbocycles. The number of aryl methyl sites for hydroxylation is 1. The lowest BCUT2D eigenvalue weighted by molar-refractivity contribution is -0.138. The fourth-order valence-electron chi connectivity index (χ4n) is 2.29. The van der Waals surface area contributed by atoms with E-state index in [1.54, 1.807) is 16.4 Å². The average Bonchev–Trinajstić information content (AvgIpc) is 3.01. The van der Waals surface area contributed by atoms with E-state index in [0.29, 0.717) is 6.54 Å².